The number of benzene rings is 1. The summed E-state index contributed by atoms with van der Waals surface area (Å²) in [5.74, 6) is -0.143. The molecule has 2 N–H and O–H groups in total. The standard InChI is InChI=1S/C13H16FIN2O.ClH/c14-10-2-1-3-11(15)12(10)13(18)17-7-5-9-4-6-16-8-9;/h1-3,9,16H,4-8H2,(H,17,18);1H. The van der Waals surface area contributed by atoms with Crippen molar-refractivity contribution in [3.63, 3.8) is 0 Å². The molecule has 2 rings (SSSR count). The number of hydrogen-bond donors (Lipinski definition) is 2. The predicted octanol–water partition coefficient (Wildman–Crippen LogP) is 2.58. The number of nitrogens with one attached hydrogen (secondary N) is 2. The topological polar surface area (TPSA) is 41.1 Å². The Balaban J connectivity index is 0.00000180. The van der Waals surface area contributed by atoms with Gasteiger partial charge in [-0.2, -0.15) is 0 Å². The van der Waals surface area contributed by atoms with Crippen LogP contribution in [0.2, 0.25) is 0 Å². The lowest BCUT2D eigenvalue weighted by Gasteiger charge is -2.10. The Morgan fingerprint density at radius 3 is 2.95 bits per heavy atom. The third-order valence-electron chi connectivity index (χ3n) is 3.19. The second-order valence-corrected chi connectivity index (χ2v) is 5.66. The van der Waals surface area contributed by atoms with E-state index in [1.807, 2.05) is 22.6 Å². The first kappa shape index (κ1) is 16.7. The Hall–Kier alpha value is -0.400. The number of rotatable bonds is 4. The van der Waals surface area contributed by atoms with Crippen molar-refractivity contribution in [2.24, 2.45) is 5.92 Å². The van der Waals surface area contributed by atoms with E-state index >= 15 is 0 Å². The van der Waals surface area contributed by atoms with E-state index in [4.69, 9.17) is 0 Å². The summed E-state index contributed by atoms with van der Waals surface area (Å²) in [6, 6.07) is 4.66. The fourth-order valence-corrected chi connectivity index (χ4v) is 2.86. The van der Waals surface area contributed by atoms with E-state index in [1.54, 1.807) is 12.1 Å². The summed E-state index contributed by atoms with van der Waals surface area (Å²) in [5.41, 5.74) is 0.155. The highest BCUT2D eigenvalue weighted by Crippen LogP contribution is 2.16. The largest absolute Gasteiger partial charge is 0.352 e. The van der Waals surface area contributed by atoms with Gasteiger partial charge < -0.3 is 10.6 Å². The Labute approximate surface area is 132 Å². The molecule has 1 aliphatic rings. The lowest BCUT2D eigenvalue weighted by Crippen LogP contribution is -2.28. The normalized spacial score (nSPS) is 17.9. The van der Waals surface area contributed by atoms with Gasteiger partial charge in [0.05, 0.1) is 5.56 Å². The zero-order valence-electron chi connectivity index (χ0n) is 10.4. The Morgan fingerprint density at radius 2 is 2.32 bits per heavy atom. The van der Waals surface area contributed by atoms with Crippen molar-refractivity contribution in [3.8, 4) is 0 Å². The molecule has 1 atom stereocenters. The molecule has 1 aromatic carbocycles. The Morgan fingerprint density at radius 1 is 1.53 bits per heavy atom. The van der Waals surface area contributed by atoms with Crippen LogP contribution >= 0.6 is 35.0 Å². The number of carbonyl (C=O) groups excluding carboxylic acids is 1. The van der Waals surface area contributed by atoms with E-state index in [2.05, 4.69) is 10.6 Å². The van der Waals surface area contributed by atoms with E-state index in [-0.39, 0.29) is 23.9 Å². The van der Waals surface area contributed by atoms with Crippen molar-refractivity contribution in [1.82, 2.24) is 10.6 Å². The van der Waals surface area contributed by atoms with Gasteiger partial charge in [-0.25, -0.2) is 4.39 Å². The lowest BCUT2D eigenvalue weighted by atomic mass is 10.1. The highest BCUT2D eigenvalue weighted by molar-refractivity contribution is 14.1. The first-order valence-electron chi connectivity index (χ1n) is 6.11. The summed E-state index contributed by atoms with van der Waals surface area (Å²) in [5, 5.41) is 6.08. The summed E-state index contributed by atoms with van der Waals surface area (Å²) in [6.07, 6.45) is 2.11. The zero-order chi connectivity index (χ0) is 13.0. The minimum absolute atomic E-state index is 0. The summed E-state index contributed by atoms with van der Waals surface area (Å²) >= 11 is 1.98. The molecule has 3 nitrogen and oxygen atoms in total. The maximum atomic E-state index is 13.6. The van der Waals surface area contributed by atoms with Gasteiger partial charge >= 0.3 is 0 Å². The van der Waals surface area contributed by atoms with E-state index in [0.29, 0.717) is 16.0 Å². The van der Waals surface area contributed by atoms with Crippen LogP contribution in [0, 0.1) is 15.3 Å². The van der Waals surface area contributed by atoms with Crippen LogP contribution in [0.5, 0.6) is 0 Å². The summed E-state index contributed by atoms with van der Waals surface area (Å²) in [7, 11) is 0. The quantitative estimate of drug-likeness (QED) is 0.766. The van der Waals surface area contributed by atoms with Crippen LogP contribution in [0.3, 0.4) is 0 Å². The maximum absolute atomic E-state index is 13.6. The van der Waals surface area contributed by atoms with Crippen molar-refractivity contribution in [2.75, 3.05) is 19.6 Å². The summed E-state index contributed by atoms with van der Waals surface area (Å²) in [4.78, 5) is 11.9. The van der Waals surface area contributed by atoms with Gasteiger partial charge in [-0.1, -0.05) is 6.07 Å². The first-order chi connectivity index (χ1) is 8.68. The molecule has 1 unspecified atom stereocenters. The van der Waals surface area contributed by atoms with Crippen LogP contribution in [0.4, 0.5) is 4.39 Å². The van der Waals surface area contributed by atoms with Gasteiger partial charge in [0.25, 0.3) is 5.91 Å². The van der Waals surface area contributed by atoms with Crippen molar-refractivity contribution in [2.45, 2.75) is 12.8 Å². The van der Waals surface area contributed by atoms with Crippen molar-refractivity contribution in [3.05, 3.63) is 33.1 Å². The fraction of sp³-hybridized carbons (Fsp3) is 0.462. The lowest BCUT2D eigenvalue weighted by molar-refractivity contribution is 0.0946. The molecule has 0 radical (unpaired) electrons. The Kier molecular flexibility index (Phi) is 7.02. The Bertz CT molecular complexity index is 418. The van der Waals surface area contributed by atoms with Crippen LogP contribution < -0.4 is 10.6 Å². The smallest absolute Gasteiger partial charge is 0.255 e. The molecule has 1 heterocycles. The predicted molar refractivity (Wildman–Crippen MR) is 84.3 cm³/mol. The number of halogens is 3. The van der Waals surface area contributed by atoms with Gasteiger partial charge in [0.15, 0.2) is 0 Å². The second-order valence-electron chi connectivity index (χ2n) is 4.50. The third kappa shape index (κ3) is 4.57. The van der Waals surface area contributed by atoms with Crippen LogP contribution in [0.1, 0.15) is 23.2 Å². The van der Waals surface area contributed by atoms with E-state index in [9.17, 15) is 9.18 Å². The first-order valence-corrected chi connectivity index (χ1v) is 7.19. The molecule has 6 heteroatoms. The zero-order valence-corrected chi connectivity index (χ0v) is 13.4. The van der Waals surface area contributed by atoms with Gasteiger partial charge in [0.1, 0.15) is 5.82 Å². The van der Waals surface area contributed by atoms with Gasteiger partial charge in [-0.3, -0.25) is 4.79 Å². The molecule has 0 spiro atoms. The van der Waals surface area contributed by atoms with Gasteiger partial charge in [0, 0.05) is 10.1 Å². The molecule has 0 aliphatic carbocycles. The molecule has 0 saturated carbocycles. The molecule has 0 aromatic heterocycles. The van der Waals surface area contributed by atoms with E-state index < -0.39 is 5.82 Å². The molecule has 1 aromatic rings. The molecular weight excluding hydrogens is 382 g/mol. The highest BCUT2D eigenvalue weighted by atomic mass is 127. The third-order valence-corrected chi connectivity index (χ3v) is 4.09. The van der Waals surface area contributed by atoms with Crippen molar-refractivity contribution >= 4 is 40.9 Å². The van der Waals surface area contributed by atoms with Gasteiger partial charge in [-0.15, -0.1) is 12.4 Å². The molecule has 106 valence electrons. The summed E-state index contributed by atoms with van der Waals surface area (Å²) < 4.78 is 14.2. The minimum Gasteiger partial charge on any atom is -0.352 e. The van der Waals surface area contributed by atoms with Crippen molar-refractivity contribution in [1.29, 1.82) is 0 Å². The van der Waals surface area contributed by atoms with Gasteiger partial charge in [-0.05, 0) is 66.6 Å². The SMILES string of the molecule is Cl.O=C(NCCC1CCNC1)c1c(F)cccc1I. The second kappa shape index (κ2) is 8.01. The minimum atomic E-state index is -0.457. The summed E-state index contributed by atoms with van der Waals surface area (Å²) in [6.45, 7) is 2.69. The van der Waals surface area contributed by atoms with E-state index in [0.717, 1.165) is 25.9 Å². The number of amides is 1. The average molecular weight is 399 g/mol. The number of hydrogen-bond acceptors (Lipinski definition) is 2. The monoisotopic (exact) mass is 398 g/mol. The van der Waals surface area contributed by atoms with Crippen LogP contribution in [0.25, 0.3) is 0 Å². The molecule has 0 bridgehead atoms. The molecule has 1 fully saturated rings. The maximum Gasteiger partial charge on any atom is 0.255 e. The molecule has 19 heavy (non-hydrogen) atoms. The van der Waals surface area contributed by atoms with Crippen LogP contribution in [0.15, 0.2) is 18.2 Å². The van der Waals surface area contributed by atoms with E-state index in [1.165, 1.54) is 6.07 Å². The van der Waals surface area contributed by atoms with Crippen LogP contribution in [-0.2, 0) is 0 Å². The molecule has 1 saturated heterocycles. The van der Waals surface area contributed by atoms with Crippen molar-refractivity contribution < 1.29 is 9.18 Å². The highest BCUT2D eigenvalue weighted by Gasteiger charge is 2.17. The number of carbonyl (C=O) groups is 1. The molecule has 1 aliphatic heterocycles. The molecular formula is C13H17ClFIN2O. The molecule has 1 amide bonds. The fourth-order valence-electron chi connectivity index (χ4n) is 2.15. The average Bonchev–Trinajstić information content (AvgIpc) is 2.82. The van der Waals surface area contributed by atoms with Gasteiger partial charge in [0.2, 0.25) is 0 Å². The van der Waals surface area contributed by atoms with Crippen LogP contribution in [-0.4, -0.2) is 25.5 Å².